The van der Waals surface area contributed by atoms with E-state index in [0.29, 0.717) is 12.1 Å². The first-order valence-corrected chi connectivity index (χ1v) is 7.29. The molecule has 0 bridgehead atoms. The van der Waals surface area contributed by atoms with Crippen LogP contribution in [0.1, 0.15) is 10.4 Å². The summed E-state index contributed by atoms with van der Waals surface area (Å²) < 4.78 is 40.9. The van der Waals surface area contributed by atoms with E-state index in [1.165, 1.54) is 0 Å². The van der Waals surface area contributed by atoms with Crippen LogP contribution in [-0.2, 0) is 0 Å². The normalized spacial score (nSPS) is 11.0. The number of nitrogens with zero attached hydrogens (tertiary/aromatic N) is 2. The standard InChI is InChI=1S/C14H7ClF3N3O7/c15-9-2-1-6(3-11(9)28-14(16,17)18)19-12-8(13(22)23)4-7(20(24)25)5-10(12)21(26)27/h1-5,19H,(H,22,23). The highest BCUT2D eigenvalue weighted by Crippen LogP contribution is 2.38. The molecular formula is C14H7ClF3N3O7. The maximum absolute atomic E-state index is 12.4. The van der Waals surface area contributed by atoms with Crippen molar-refractivity contribution in [2.24, 2.45) is 0 Å². The Kier molecular flexibility index (Phi) is 5.59. The second kappa shape index (κ2) is 7.56. The van der Waals surface area contributed by atoms with Crippen LogP contribution >= 0.6 is 11.6 Å². The first-order valence-electron chi connectivity index (χ1n) is 6.91. The summed E-state index contributed by atoms with van der Waals surface area (Å²) in [5.41, 5.74) is -3.59. The molecule has 0 atom stereocenters. The number of carbonyl (C=O) groups is 1. The number of aromatic carboxylic acids is 1. The molecule has 0 aliphatic heterocycles. The number of hydrogen-bond donors (Lipinski definition) is 2. The molecule has 148 valence electrons. The average Bonchev–Trinajstić information content (AvgIpc) is 2.55. The fourth-order valence-corrected chi connectivity index (χ4v) is 2.25. The van der Waals surface area contributed by atoms with Gasteiger partial charge in [-0.1, -0.05) is 11.6 Å². The lowest BCUT2D eigenvalue weighted by molar-refractivity contribution is -0.393. The zero-order valence-electron chi connectivity index (χ0n) is 13.2. The zero-order valence-corrected chi connectivity index (χ0v) is 13.9. The van der Waals surface area contributed by atoms with Gasteiger partial charge in [-0.2, -0.15) is 0 Å². The quantitative estimate of drug-likeness (QED) is 0.512. The second-order valence-corrected chi connectivity index (χ2v) is 5.43. The zero-order chi connectivity index (χ0) is 21.2. The van der Waals surface area contributed by atoms with Crippen LogP contribution in [0, 0.1) is 20.2 Å². The molecule has 2 aromatic rings. The molecule has 2 rings (SSSR count). The second-order valence-electron chi connectivity index (χ2n) is 5.02. The minimum absolute atomic E-state index is 0.247. The summed E-state index contributed by atoms with van der Waals surface area (Å²) in [6.07, 6.45) is -5.08. The molecular weight excluding hydrogens is 415 g/mol. The fourth-order valence-electron chi connectivity index (χ4n) is 2.09. The Labute approximate surface area is 157 Å². The number of anilines is 2. The molecule has 0 radical (unpaired) electrons. The van der Waals surface area contributed by atoms with Gasteiger partial charge in [0.25, 0.3) is 11.4 Å². The number of hydrogen-bond acceptors (Lipinski definition) is 7. The van der Waals surface area contributed by atoms with Gasteiger partial charge in [-0.15, -0.1) is 13.2 Å². The number of benzene rings is 2. The molecule has 0 spiro atoms. The molecule has 0 saturated carbocycles. The van der Waals surface area contributed by atoms with E-state index < -0.39 is 55.6 Å². The molecule has 0 saturated heterocycles. The maximum Gasteiger partial charge on any atom is 0.573 e. The van der Waals surface area contributed by atoms with Gasteiger partial charge in [-0.05, 0) is 12.1 Å². The largest absolute Gasteiger partial charge is 0.573 e. The van der Waals surface area contributed by atoms with E-state index in [1.54, 1.807) is 0 Å². The van der Waals surface area contributed by atoms with Crippen molar-refractivity contribution in [3.05, 3.63) is 61.1 Å². The first kappa shape index (κ1) is 20.7. The molecule has 0 fully saturated rings. The minimum atomic E-state index is -5.08. The Morgan fingerprint density at radius 3 is 2.29 bits per heavy atom. The highest BCUT2D eigenvalue weighted by molar-refractivity contribution is 6.32. The van der Waals surface area contributed by atoms with Crippen molar-refractivity contribution in [1.29, 1.82) is 0 Å². The number of halogens is 4. The third kappa shape index (κ3) is 4.76. The molecule has 0 heterocycles. The summed E-state index contributed by atoms with van der Waals surface area (Å²) in [5.74, 6) is -2.59. The molecule has 2 N–H and O–H groups in total. The van der Waals surface area contributed by atoms with E-state index in [4.69, 9.17) is 11.6 Å². The molecule has 28 heavy (non-hydrogen) atoms. The van der Waals surface area contributed by atoms with Crippen LogP contribution < -0.4 is 10.1 Å². The number of alkyl halides is 3. The molecule has 0 aliphatic rings. The van der Waals surface area contributed by atoms with Gasteiger partial charge < -0.3 is 15.2 Å². The number of nitrogens with one attached hydrogen (secondary N) is 1. The fraction of sp³-hybridized carbons (Fsp3) is 0.0714. The van der Waals surface area contributed by atoms with Crippen molar-refractivity contribution in [2.45, 2.75) is 6.36 Å². The van der Waals surface area contributed by atoms with E-state index >= 15 is 0 Å². The molecule has 2 aromatic carbocycles. The molecule has 0 aromatic heterocycles. The average molecular weight is 422 g/mol. The summed E-state index contributed by atoms with van der Waals surface area (Å²) in [7, 11) is 0. The Hall–Kier alpha value is -3.61. The van der Waals surface area contributed by atoms with Crippen molar-refractivity contribution in [1.82, 2.24) is 0 Å². The maximum atomic E-state index is 12.4. The third-order valence-corrected chi connectivity index (χ3v) is 3.48. The smallest absolute Gasteiger partial charge is 0.478 e. The van der Waals surface area contributed by atoms with Crippen molar-refractivity contribution in [3.63, 3.8) is 0 Å². The topological polar surface area (TPSA) is 145 Å². The summed E-state index contributed by atoms with van der Waals surface area (Å²) >= 11 is 5.59. The molecule has 0 aliphatic carbocycles. The van der Waals surface area contributed by atoms with E-state index in [9.17, 15) is 43.3 Å². The number of non-ortho nitro benzene ring substituents is 1. The van der Waals surface area contributed by atoms with Gasteiger partial charge in [0.1, 0.15) is 11.4 Å². The highest BCUT2D eigenvalue weighted by atomic mass is 35.5. The Bertz CT molecular complexity index is 946. The molecule has 0 unspecified atom stereocenters. The summed E-state index contributed by atoms with van der Waals surface area (Å²) in [5, 5.41) is 33.2. The van der Waals surface area contributed by atoms with Crippen LogP contribution in [0.5, 0.6) is 5.75 Å². The van der Waals surface area contributed by atoms with Gasteiger partial charge in [0.05, 0.1) is 26.5 Å². The third-order valence-electron chi connectivity index (χ3n) is 3.17. The van der Waals surface area contributed by atoms with Crippen molar-refractivity contribution >= 4 is 40.3 Å². The lowest BCUT2D eigenvalue weighted by Gasteiger charge is -2.14. The van der Waals surface area contributed by atoms with Crippen LogP contribution in [0.3, 0.4) is 0 Å². The van der Waals surface area contributed by atoms with Crippen molar-refractivity contribution in [2.75, 3.05) is 5.32 Å². The van der Waals surface area contributed by atoms with Crippen LogP contribution in [0.25, 0.3) is 0 Å². The number of carboxylic acid groups (broad SMARTS) is 1. The summed E-state index contributed by atoms with van der Waals surface area (Å²) in [6, 6.07) is 3.89. The summed E-state index contributed by atoms with van der Waals surface area (Å²) in [6.45, 7) is 0. The van der Waals surface area contributed by atoms with Gasteiger partial charge in [0, 0.05) is 17.8 Å². The van der Waals surface area contributed by atoms with E-state index in [1.807, 2.05) is 0 Å². The minimum Gasteiger partial charge on any atom is -0.478 e. The predicted octanol–water partition coefficient (Wildman–Crippen LogP) is 4.50. The van der Waals surface area contributed by atoms with Gasteiger partial charge in [-0.3, -0.25) is 20.2 Å². The SMILES string of the molecule is O=C(O)c1cc([N+](=O)[O-])cc([N+](=O)[O-])c1Nc1ccc(Cl)c(OC(F)(F)F)c1. The Morgan fingerprint density at radius 2 is 1.79 bits per heavy atom. The number of rotatable bonds is 6. The van der Waals surface area contributed by atoms with Crippen molar-refractivity contribution in [3.8, 4) is 5.75 Å². The number of ether oxygens (including phenoxy) is 1. The lowest BCUT2D eigenvalue weighted by Crippen LogP contribution is -2.17. The number of carboxylic acids is 1. The molecule has 14 heteroatoms. The van der Waals surface area contributed by atoms with Gasteiger partial charge in [-0.25, -0.2) is 4.79 Å². The highest BCUT2D eigenvalue weighted by Gasteiger charge is 2.32. The Morgan fingerprint density at radius 1 is 1.14 bits per heavy atom. The first-order chi connectivity index (χ1) is 12.9. The van der Waals surface area contributed by atoms with Crippen molar-refractivity contribution < 1.29 is 37.7 Å². The Balaban J connectivity index is 2.59. The van der Waals surface area contributed by atoms with Crippen LogP contribution in [-0.4, -0.2) is 27.3 Å². The predicted molar refractivity (Wildman–Crippen MR) is 88.1 cm³/mol. The lowest BCUT2D eigenvalue weighted by atomic mass is 10.1. The van der Waals surface area contributed by atoms with Crippen LogP contribution in [0.15, 0.2) is 30.3 Å². The summed E-state index contributed by atoms with van der Waals surface area (Å²) in [4.78, 5) is 31.4. The van der Waals surface area contributed by atoms with Gasteiger partial charge >= 0.3 is 12.3 Å². The van der Waals surface area contributed by atoms with Gasteiger partial charge in [0.15, 0.2) is 0 Å². The van der Waals surface area contributed by atoms with Crippen LogP contribution in [0.4, 0.5) is 35.9 Å². The molecule has 10 nitrogen and oxygen atoms in total. The van der Waals surface area contributed by atoms with E-state index in [0.717, 1.165) is 18.2 Å². The number of nitro benzene ring substituents is 2. The van der Waals surface area contributed by atoms with E-state index in [-0.39, 0.29) is 5.69 Å². The monoisotopic (exact) mass is 421 g/mol. The number of nitro groups is 2. The van der Waals surface area contributed by atoms with E-state index in [2.05, 4.69) is 10.1 Å². The van der Waals surface area contributed by atoms with Gasteiger partial charge in [0.2, 0.25) is 0 Å². The van der Waals surface area contributed by atoms with Crippen LogP contribution in [0.2, 0.25) is 5.02 Å². The molecule has 0 amide bonds.